The molecule has 0 aliphatic carbocycles. The lowest BCUT2D eigenvalue weighted by Gasteiger charge is -2.11. The summed E-state index contributed by atoms with van der Waals surface area (Å²) in [6, 6.07) is 0. The third-order valence-corrected chi connectivity index (χ3v) is 2.63. The van der Waals surface area contributed by atoms with Gasteiger partial charge in [0.15, 0.2) is 12.5 Å². The molecule has 2 N–H and O–H groups in total. The molecule has 4 nitrogen and oxygen atoms in total. The van der Waals surface area contributed by atoms with Gasteiger partial charge >= 0.3 is 0 Å². The van der Waals surface area contributed by atoms with Gasteiger partial charge in [-0.15, -0.1) is 0 Å². The van der Waals surface area contributed by atoms with Crippen molar-refractivity contribution < 1.29 is 4.79 Å². The summed E-state index contributed by atoms with van der Waals surface area (Å²) in [4.78, 5) is 11.7. The zero-order chi connectivity index (χ0) is 8.43. The molecule has 0 saturated carbocycles. The number of hydrogen-bond acceptors (Lipinski definition) is 5. The van der Waals surface area contributed by atoms with Gasteiger partial charge in [0.1, 0.15) is 10.7 Å². The number of allylic oxidation sites excluding steroid dienone is 1. The van der Waals surface area contributed by atoms with Crippen molar-refractivity contribution in [2.24, 2.45) is 5.73 Å². The van der Waals surface area contributed by atoms with E-state index < -0.39 is 5.50 Å². The number of carbonyl (C=O) groups is 1. The number of nitriles is 1. The Bertz CT molecular complexity index is 259. The molecular formula is C5H4ClN3OS. The Hall–Kier alpha value is -0.700. The van der Waals surface area contributed by atoms with E-state index in [0.717, 1.165) is 16.7 Å². The lowest BCUT2D eigenvalue weighted by Crippen LogP contribution is -2.29. The summed E-state index contributed by atoms with van der Waals surface area (Å²) in [6.07, 6.45) is 2.35. The highest BCUT2D eigenvalue weighted by atomic mass is 35.5. The molecule has 0 amide bonds. The molecule has 0 bridgehead atoms. The van der Waals surface area contributed by atoms with Crippen LogP contribution in [0.4, 0.5) is 0 Å². The summed E-state index contributed by atoms with van der Waals surface area (Å²) in [6.45, 7) is 0. The van der Waals surface area contributed by atoms with E-state index in [4.69, 9.17) is 22.6 Å². The Morgan fingerprint density at radius 3 is 2.82 bits per heavy atom. The lowest BCUT2D eigenvalue weighted by atomic mass is 10.6. The van der Waals surface area contributed by atoms with Crippen LogP contribution in [0.25, 0.3) is 0 Å². The lowest BCUT2D eigenvalue weighted by molar-refractivity contribution is -0.104. The van der Waals surface area contributed by atoms with Crippen LogP contribution in [0.3, 0.4) is 0 Å². The number of aldehydes is 1. The molecule has 6 heteroatoms. The minimum atomic E-state index is -0.562. The van der Waals surface area contributed by atoms with Crippen molar-refractivity contribution >= 4 is 29.6 Å². The second kappa shape index (κ2) is 3.13. The summed E-state index contributed by atoms with van der Waals surface area (Å²) in [5.41, 5.74) is 4.86. The topological polar surface area (TPSA) is 70.1 Å². The zero-order valence-corrected chi connectivity index (χ0v) is 6.89. The van der Waals surface area contributed by atoms with Gasteiger partial charge in [-0.1, -0.05) is 23.4 Å². The van der Waals surface area contributed by atoms with E-state index in [9.17, 15) is 4.79 Å². The average molecular weight is 190 g/mol. The predicted molar refractivity (Wildman–Crippen MR) is 42.0 cm³/mol. The van der Waals surface area contributed by atoms with Crippen LogP contribution in [0.2, 0.25) is 0 Å². The summed E-state index contributed by atoms with van der Waals surface area (Å²) < 4.78 is 0. The Morgan fingerprint density at radius 1 is 1.91 bits per heavy atom. The maximum absolute atomic E-state index is 10.3. The van der Waals surface area contributed by atoms with Gasteiger partial charge in [0.25, 0.3) is 0 Å². The standard InChI is InChI=1S/C5H4ClN3OS/c6-4-3(1-10)11-5(8)9(4)2-7/h1,5H,8H2. The average Bonchev–Trinajstić information content (AvgIpc) is 2.26. The normalized spacial score (nSPS) is 23.7. The predicted octanol–water partition coefficient (Wildman–Crippen LogP) is 0.365. The number of rotatable bonds is 1. The Kier molecular flexibility index (Phi) is 2.39. The van der Waals surface area contributed by atoms with Gasteiger partial charge in [-0.05, 0) is 0 Å². The van der Waals surface area contributed by atoms with Crippen LogP contribution >= 0.6 is 23.4 Å². The molecule has 0 aromatic rings. The smallest absolute Gasteiger partial charge is 0.187 e. The summed E-state index contributed by atoms with van der Waals surface area (Å²) in [5.74, 6) is 0. The number of nitrogens with zero attached hydrogens (tertiary/aromatic N) is 2. The van der Waals surface area contributed by atoms with Crippen LogP contribution in [-0.4, -0.2) is 16.7 Å². The van der Waals surface area contributed by atoms with Gasteiger partial charge in [-0.3, -0.25) is 4.79 Å². The second-order valence-corrected chi connectivity index (χ2v) is 3.27. The van der Waals surface area contributed by atoms with Crippen molar-refractivity contribution in [3.8, 4) is 6.19 Å². The van der Waals surface area contributed by atoms with E-state index in [2.05, 4.69) is 0 Å². The molecule has 1 rings (SSSR count). The number of carbonyl (C=O) groups excluding carboxylic acids is 1. The van der Waals surface area contributed by atoms with Crippen LogP contribution < -0.4 is 5.73 Å². The Morgan fingerprint density at radius 2 is 2.55 bits per heavy atom. The first-order chi connectivity index (χ1) is 5.20. The zero-order valence-electron chi connectivity index (χ0n) is 5.32. The van der Waals surface area contributed by atoms with E-state index in [1.807, 2.05) is 0 Å². The number of halogens is 1. The number of nitrogens with two attached hydrogens (primary N) is 1. The highest BCUT2D eigenvalue weighted by Crippen LogP contribution is 2.35. The Balaban J connectivity index is 2.93. The first-order valence-electron chi connectivity index (χ1n) is 2.67. The summed E-state index contributed by atoms with van der Waals surface area (Å²) in [7, 11) is 0. The molecule has 0 radical (unpaired) electrons. The quantitative estimate of drug-likeness (QED) is 0.367. The fourth-order valence-corrected chi connectivity index (χ4v) is 1.79. The molecule has 11 heavy (non-hydrogen) atoms. The van der Waals surface area contributed by atoms with E-state index in [0.29, 0.717) is 11.2 Å². The first kappa shape index (κ1) is 8.40. The maximum Gasteiger partial charge on any atom is 0.187 e. The summed E-state index contributed by atoms with van der Waals surface area (Å²) >= 11 is 6.66. The molecule has 0 saturated heterocycles. The fourth-order valence-electron chi connectivity index (χ4n) is 0.639. The van der Waals surface area contributed by atoms with E-state index in [1.54, 1.807) is 6.19 Å². The van der Waals surface area contributed by atoms with Crippen molar-refractivity contribution in [2.45, 2.75) is 5.50 Å². The van der Waals surface area contributed by atoms with E-state index in [1.165, 1.54) is 0 Å². The van der Waals surface area contributed by atoms with Crippen LogP contribution in [-0.2, 0) is 4.79 Å². The second-order valence-electron chi connectivity index (χ2n) is 1.75. The monoisotopic (exact) mass is 189 g/mol. The molecule has 0 aromatic heterocycles. The maximum atomic E-state index is 10.3. The van der Waals surface area contributed by atoms with Gasteiger partial charge < -0.3 is 5.73 Å². The molecule has 0 aromatic carbocycles. The van der Waals surface area contributed by atoms with Gasteiger partial charge in [0.2, 0.25) is 0 Å². The van der Waals surface area contributed by atoms with Gasteiger partial charge in [-0.2, -0.15) is 5.26 Å². The summed E-state index contributed by atoms with van der Waals surface area (Å²) in [5, 5.41) is 8.58. The third kappa shape index (κ3) is 1.33. The minimum absolute atomic E-state index is 0.111. The molecule has 0 fully saturated rings. The molecule has 1 aliphatic rings. The van der Waals surface area contributed by atoms with Crippen molar-refractivity contribution in [1.29, 1.82) is 5.26 Å². The minimum Gasteiger partial charge on any atom is -0.301 e. The molecular weight excluding hydrogens is 186 g/mol. The van der Waals surface area contributed by atoms with E-state index >= 15 is 0 Å². The molecule has 1 heterocycles. The van der Waals surface area contributed by atoms with Crippen molar-refractivity contribution in [3.05, 3.63) is 10.1 Å². The van der Waals surface area contributed by atoms with Crippen molar-refractivity contribution in [3.63, 3.8) is 0 Å². The van der Waals surface area contributed by atoms with Crippen LogP contribution in [0.1, 0.15) is 0 Å². The highest BCUT2D eigenvalue weighted by molar-refractivity contribution is 8.04. The van der Waals surface area contributed by atoms with Crippen LogP contribution in [0.15, 0.2) is 10.1 Å². The SMILES string of the molecule is N#CN1C(Cl)=C(C=O)SC1N. The van der Waals surface area contributed by atoms with E-state index in [-0.39, 0.29) is 5.16 Å². The van der Waals surface area contributed by atoms with Gasteiger partial charge in [0, 0.05) is 0 Å². The fraction of sp³-hybridized carbons (Fsp3) is 0.200. The Labute approximate surface area is 72.6 Å². The van der Waals surface area contributed by atoms with Crippen molar-refractivity contribution in [2.75, 3.05) is 0 Å². The largest absolute Gasteiger partial charge is 0.301 e. The van der Waals surface area contributed by atoms with Crippen LogP contribution in [0, 0.1) is 11.5 Å². The van der Waals surface area contributed by atoms with Gasteiger partial charge in [-0.25, -0.2) is 4.90 Å². The van der Waals surface area contributed by atoms with Crippen molar-refractivity contribution in [1.82, 2.24) is 4.90 Å². The molecule has 1 aliphatic heterocycles. The molecule has 0 spiro atoms. The first-order valence-corrected chi connectivity index (χ1v) is 3.92. The molecule has 1 unspecified atom stereocenters. The molecule has 1 atom stereocenters. The third-order valence-electron chi connectivity index (χ3n) is 1.13. The van der Waals surface area contributed by atoms with Crippen LogP contribution in [0.5, 0.6) is 0 Å². The highest BCUT2D eigenvalue weighted by Gasteiger charge is 2.28. The molecule has 58 valence electrons. The number of thioether (sulfide) groups is 1. The number of hydrogen-bond donors (Lipinski definition) is 1. The van der Waals surface area contributed by atoms with Gasteiger partial charge in [0.05, 0.1) is 4.91 Å².